The van der Waals surface area contributed by atoms with Gasteiger partial charge in [0.25, 0.3) is 0 Å². The van der Waals surface area contributed by atoms with Gasteiger partial charge in [-0.25, -0.2) is 23.1 Å². The number of aliphatic hydroxyl groups excluding tert-OH is 2. The molecule has 3 saturated carbocycles. The molecule has 9 nitrogen and oxygen atoms in total. The zero-order valence-electron chi connectivity index (χ0n) is 21.2. The number of nitrogens with one attached hydrogen (secondary N) is 2. The molecule has 0 amide bonds. The molecule has 5 atom stereocenters. The Morgan fingerprint density at radius 1 is 1.07 bits per heavy atom. The minimum Gasteiger partial charge on any atom is -0.390 e. The van der Waals surface area contributed by atoms with Crippen LogP contribution in [0.4, 0.5) is 24.9 Å². The zero-order valence-corrected chi connectivity index (χ0v) is 22.0. The molecule has 0 aliphatic heterocycles. The number of thiazole rings is 1. The van der Waals surface area contributed by atoms with E-state index in [0.717, 1.165) is 28.8 Å². The summed E-state index contributed by atoms with van der Waals surface area (Å²) in [4.78, 5) is 18.5. The zero-order chi connectivity index (χ0) is 27.9. The first-order chi connectivity index (χ1) is 19.1. The Balaban J connectivity index is 1.26. The van der Waals surface area contributed by atoms with Crippen molar-refractivity contribution in [2.45, 2.75) is 62.5 Å². The lowest BCUT2D eigenvalue weighted by Gasteiger charge is -2.25. The molecule has 1 aromatic carbocycles. The highest BCUT2D eigenvalue weighted by Gasteiger charge is 2.74. The average molecular weight is 571 g/mol. The smallest absolute Gasteiger partial charge is 0.225 e. The highest BCUT2D eigenvalue weighted by molar-refractivity contribution is 7.21. The van der Waals surface area contributed by atoms with E-state index < -0.39 is 47.2 Å². The number of hydrogen-bond donors (Lipinski definition) is 5. The highest BCUT2D eigenvalue weighted by Crippen LogP contribution is 2.56. The van der Waals surface area contributed by atoms with Crippen LogP contribution in [-0.2, 0) is 6.54 Å². The summed E-state index contributed by atoms with van der Waals surface area (Å²) in [5, 5.41) is 38.0. The topological polar surface area (TPSA) is 136 Å². The second-order valence-corrected chi connectivity index (χ2v) is 11.8. The van der Waals surface area contributed by atoms with Gasteiger partial charge in [-0.3, -0.25) is 4.98 Å². The summed E-state index contributed by atoms with van der Waals surface area (Å²) in [5.41, 5.74) is 0.926. The minimum absolute atomic E-state index is 0.0460. The predicted molar refractivity (Wildman–Crippen MR) is 141 cm³/mol. The number of hydrogen-bond acceptors (Lipinski definition) is 10. The van der Waals surface area contributed by atoms with Crippen LogP contribution in [-0.4, -0.2) is 59.1 Å². The van der Waals surface area contributed by atoms with Gasteiger partial charge < -0.3 is 26.0 Å². The quantitative estimate of drug-likeness (QED) is 0.226. The molecule has 5 unspecified atom stereocenters. The van der Waals surface area contributed by atoms with Gasteiger partial charge in [0.2, 0.25) is 5.95 Å². The van der Waals surface area contributed by atoms with Crippen LogP contribution < -0.4 is 10.6 Å². The highest BCUT2D eigenvalue weighted by atomic mass is 32.1. The van der Waals surface area contributed by atoms with Gasteiger partial charge in [0.15, 0.2) is 0 Å². The molecule has 7 rings (SSSR count). The van der Waals surface area contributed by atoms with Crippen molar-refractivity contribution in [3.63, 3.8) is 0 Å². The van der Waals surface area contributed by atoms with Gasteiger partial charge in [-0.1, -0.05) is 0 Å². The molecule has 4 aromatic rings. The van der Waals surface area contributed by atoms with Gasteiger partial charge in [-0.15, -0.1) is 11.3 Å². The van der Waals surface area contributed by atoms with E-state index in [1.165, 1.54) is 11.3 Å². The lowest BCUT2D eigenvalue weighted by Crippen LogP contribution is -2.42. The normalized spacial score (nSPS) is 27.2. The summed E-state index contributed by atoms with van der Waals surface area (Å²) in [6, 6.07) is 2.49. The van der Waals surface area contributed by atoms with Crippen molar-refractivity contribution in [2.75, 3.05) is 10.6 Å². The SMILES string of the molecule is Cc1nc(NCc2c(F)cc(F)cc2F)nc(NC2CC3C(O)C3(O)C2O)c1-c1nc2c(C3CC3)nccc2s1. The van der Waals surface area contributed by atoms with Gasteiger partial charge in [0.1, 0.15) is 45.5 Å². The predicted octanol–water partition coefficient (Wildman–Crippen LogP) is 3.63. The number of halogens is 3. The van der Waals surface area contributed by atoms with Crippen LogP contribution >= 0.6 is 11.3 Å². The second kappa shape index (κ2) is 9.06. The third-order valence-electron chi connectivity index (χ3n) is 8.16. The Morgan fingerprint density at radius 2 is 1.82 bits per heavy atom. The molecule has 5 N–H and O–H groups in total. The summed E-state index contributed by atoms with van der Waals surface area (Å²) in [6.07, 6.45) is 2.00. The second-order valence-electron chi connectivity index (χ2n) is 10.8. The van der Waals surface area contributed by atoms with Crippen molar-refractivity contribution in [1.82, 2.24) is 19.9 Å². The van der Waals surface area contributed by atoms with E-state index >= 15 is 0 Å². The third-order valence-corrected chi connectivity index (χ3v) is 9.20. The van der Waals surface area contributed by atoms with E-state index in [0.29, 0.717) is 46.6 Å². The van der Waals surface area contributed by atoms with Gasteiger partial charge in [-0.2, -0.15) is 4.98 Å². The Morgan fingerprint density at radius 3 is 2.50 bits per heavy atom. The number of nitrogens with zero attached hydrogens (tertiary/aromatic N) is 4. The van der Waals surface area contributed by atoms with Crippen molar-refractivity contribution in [2.24, 2.45) is 5.92 Å². The van der Waals surface area contributed by atoms with Gasteiger partial charge >= 0.3 is 0 Å². The Labute approximate surface area is 230 Å². The molecule has 0 bridgehead atoms. The van der Waals surface area contributed by atoms with Crippen LogP contribution in [0.2, 0.25) is 0 Å². The Hall–Kier alpha value is -3.39. The van der Waals surface area contributed by atoms with Crippen LogP contribution in [0.3, 0.4) is 0 Å². The van der Waals surface area contributed by atoms with Crippen LogP contribution in [0.25, 0.3) is 20.8 Å². The Bertz CT molecular complexity index is 1640. The summed E-state index contributed by atoms with van der Waals surface area (Å²) >= 11 is 1.45. The van der Waals surface area contributed by atoms with Crippen molar-refractivity contribution in [1.29, 1.82) is 0 Å². The first kappa shape index (κ1) is 25.6. The Kier molecular flexibility index (Phi) is 5.79. The molecule has 3 aliphatic rings. The maximum atomic E-state index is 14.2. The lowest BCUT2D eigenvalue weighted by molar-refractivity contribution is -0.0262. The molecule has 0 radical (unpaired) electrons. The van der Waals surface area contributed by atoms with Crippen LogP contribution in [0.5, 0.6) is 0 Å². The first-order valence-electron chi connectivity index (χ1n) is 13.0. The molecule has 13 heteroatoms. The van der Waals surface area contributed by atoms with E-state index in [1.807, 2.05) is 6.07 Å². The number of anilines is 2. The molecule has 3 aliphatic carbocycles. The summed E-state index contributed by atoms with van der Waals surface area (Å²) in [5.74, 6) is -2.80. The van der Waals surface area contributed by atoms with Crippen LogP contribution in [0, 0.1) is 30.3 Å². The van der Waals surface area contributed by atoms with Crippen molar-refractivity contribution < 1.29 is 28.5 Å². The maximum absolute atomic E-state index is 14.2. The molecule has 40 heavy (non-hydrogen) atoms. The number of fused-ring (bicyclic) bond motifs is 2. The minimum atomic E-state index is -1.57. The molecule has 3 fully saturated rings. The van der Waals surface area contributed by atoms with Crippen molar-refractivity contribution >= 4 is 33.3 Å². The summed E-state index contributed by atoms with van der Waals surface area (Å²) in [6.45, 7) is 1.41. The number of aromatic nitrogens is 4. The van der Waals surface area contributed by atoms with E-state index in [1.54, 1.807) is 13.1 Å². The average Bonchev–Trinajstić information content (AvgIpc) is 3.74. The molecule has 0 spiro atoms. The standard InChI is InChI=1S/C27H25F3N6O3S/c1-10-19(25-35-21-18(40-25)4-5-31-20(21)11-2-3-11)24(34-17-8-14-22(37)27(14,39)23(17)38)36-26(33-10)32-9-13-15(29)6-12(28)7-16(13)30/h4-7,11,14,17,22-23,37-39H,2-3,8-9H2,1H3,(H2,32,33,34,36). The molecular formula is C27H25F3N6O3S. The summed E-state index contributed by atoms with van der Waals surface area (Å²) in [7, 11) is 0. The van der Waals surface area contributed by atoms with Gasteiger partial charge in [0, 0.05) is 42.3 Å². The molecule has 3 heterocycles. The number of aliphatic hydroxyl groups is 3. The fourth-order valence-corrected chi connectivity index (χ4v) is 6.82. The number of aryl methyl sites for hydroxylation is 1. The first-order valence-corrected chi connectivity index (χ1v) is 13.8. The van der Waals surface area contributed by atoms with Gasteiger partial charge in [0.05, 0.1) is 33.8 Å². The number of pyridine rings is 1. The largest absolute Gasteiger partial charge is 0.390 e. The molecule has 0 saturated heterocycles. The molecule has 3 aromatic heterocycles. The van der Waals surface area contributed by atoms with E-state index in [4.69, 9.17) is 4.98 Å². The van der Waals surface area contributed by atoms with Gasteiger partial charge in [-0.05, 0) is 32.3 Å². The van der Waals surface area contributed by atoms with E-state index in [2.05, 4.69) is 25.6 Å². The van der Waals surface area contributed by atoms with E-state index in [-0.39, 0.29) is 18.1 Å². The fraction of sp³-hybridized carbons (Fsp3) is 0.407. The molecule has 208 valence electrons. The van der Waals surface area contributed by atoms with Crippen LogP contribution in [0.15, 0.2) is 24.4 Å². The van der Waals surface area contributed by atoms with Crippen molar-refractivity contribution in [3.8, 4) is 10.6 Å². The molecular weight excluding hydrogens is 545 g/mol. The monoisotopic (exact) mass is 570 g/mol. The number of benzene rings is 1. The third kappa shape index (κ3) is 4.02. The number of rotatable bonds is 7. The lowest BCUT2D eigenvalue weighted by atomic mass is 10.1. The fourth-order valence-electron chi connectivity index (χ4n) is 5.75. The maximum Gasteiger partial charge on any atom is 0.225 e. The summed E-state index contributed by atoms with van der Waals surface area (Å²) < 4.78 is 42.7. The van der Waals surface area contributed by atoms with Crippen LogP contribution in [0.1, 0.15) is 42.1 Å². The van der Waals surface area contributed by atoms with Crippen molar-refractivity contribution in [3.05, 3.63) is 58.8 Å². The van der Waals surface area contributed by atoms with E-state index in [9.17, 15) is 28.5 Å².